The summed E-state index contributed by atoms with van der Waals surface area (Å²) in [6, 6.07) is 10.9. The lowest BCUT2D eigenvalue weighted by Gasteiger charge is -2.63. The van der Waals surface area contributed by atoms with Gasteiger partial charge >= 0.3 is 0 Å². The quantitative estimate of drug-likeness (QED) is 0.198. The van der Waals surface area contributed by atoms with Crippen LogP contribution in [0.2, 0.25) is 5.02 Å². The van der Waals surface area contributed by atoms with Gasteiger partial charge in [-0.15, -0.1) is 0 Å². The molecule has 15 heteroatoms. The highest BCUT2D eigenvalue weighted by Crippen LogP contribution is 2.55. The first-order chi connectivity index (χ1) is 26.6. The van der Waals surface area contributed by atoms with Gasteiger partial charge in [-0.25, -0.2) is 0 Å². The second-order valence-corrected chi connectivity index (χ2v) is 16.7. The van der Waals surface area contributed by atoms with E-state index < -0.39 is 23.8 Å². The molecule has 1 aliphatic carbocycles. The van der Waals surface area contributed by atoms with Gasteiger partial charge in [0.1, 0.15) is 29.7 Å². The molecule has 7 rings (SSSR count). The smallest absolute Gasteiger partial charge is 0.262 e. The van der Waals surface area contributed by atoms with E-state index in [0.717, 1.165) is 48.7 Å². The predicted molar refractivity (Wildman–Crippen MR) is 204 cm³/mol. The molecule has 1 aromatic heterocycles. The number of hydrogen-bond acceptors (Lipinski definition) is 10. The number of likely N-dealkylation sites (tertiary alicyclic amines) is 2. The van der Waals surface area contributed by atoms with Gasteiger partial charge < -0.3 is 19.7 Å². The number of nitrogens with one attached hydrogen (secondary N) is 1. The Kier molecular flexibility index (Phi) is 10.4. The Morgan fingerprint density at radius 2 is 1.73 bits per heavy atom. The largest absolute Gasteiger partial charge is 0.494 e. The van der Waals surface area contributed by atoms with Gasteiger partial charge in [0.05, 0.1) is 46.1 Å². The third kappa shape index (κ3) is 7.03. The van der Waals surface area contributed by atoms with E-state index >= 15 is 0 Å². The standard InChI is InChI=1S/C41H46ClN7O7/c1-40(2)38(41(3,4)39(40)56-28-9-8-24(20-43)31(42)19-28)45-34(51)25-21-44-48(22-25)26-14-16-47(23-26)15-6-7-17-55-27-10-11-29-30(18-27)36(53)49(35(29)52)32-12-13-33(50)46(5)37(32)54/h8-11,18-19,21-22,26,32,38-39H,6-7,12-17,23H2,1-5H3,(H,45,51). The van der Waals surface area contributed by atoms with Gasteiger partial charge in [0.2, 0.25) is 5.91 Å². The fraction of sp³-hybridized carbons (Fsp3) is 0.488. The Labute approximate surface area is 330 Å². The second-order valence-electron chi connectivity index (χ2n) is 16.3. The van der Waals surface area contributed by atoms with E-state index in [1.54, 1.807) is 42.6 Å². The Morgan fingerprint density at radius 3 is 2.46 bits per heavy atom. The summed E-state index contributed by atoms with van der Waals surface area (Å²) < 4.78 is 14.2. The highest BCUT2D eigenvalue weighted by Gasteiger charge is 2.64. The average Bonchev–Trinajstić information content (AvgIpc) is 3.91. The fourth-order valence-electron chi connectivity index (χ4n) is 9.07. The highest BCUT2D eigenvalue weighted by atomic mass is 35.5. The van der Waals surface area contributed by atoms with E-state index in [2.05, 4.69) is 49.1 Å². The first kappa shape index (κ1) is 39.0. The summed E-state index contributed by atoms with van der Waals surface area (Å²) in [7, 11) is 1.36. The number of nitriles is 1. The number of imide groups is 2. The van der Waals surface area contributed by atoms with Gasteiger partial charge in [-0.3, -0.25) is 38.5 Å². The Hall–Kier alpha value is -5.26. The number of likely N-dealkylation sites (N-methyl/N-ethyl adjacent to an activating group) is 1. The first-order valence-corrected chi connectivity index (χ1v) is 19.4. The zero-order valence-corrected chi connectivity index (χ0v) is 33.0. The number of carbonyl (C=O) groups is 5. The molecule has 14 nitrogen and oxygen atoms in total. The molecular formula is C41H46ClN7O7. The van der Waals surface area contributed by atoms with Crippen LogP contribution >= 0.6 is 11.6 Å². The van der Waals surface area contributed by atoms with Crippen LogP contribution in [0.15, 0.2) is 48.8 Å². The molecule has 5 amide bonds. The number of halogens is 1. The molecule has 4 heterocycles. The first-order valence-electron chi connectivity index (χ1n) is 19.0. The van der Waals surface area contributed by atoms with E-state index in [-0.39, 0.29) is 64.8 Å². The number of fused-ring (bicyclic) bond motifs is 1. The van der Waals surface area contributed by atoms with Crippen LogP contribution in [0.25, 0.3) is 0 Å². The van der Waals surface area contributed by atoms with Crippen LogP contribution < -0.4 is 14.8 Å². The monoisotopic (exact) mass is 783 g/mol. The number of piperidine rings is 1. The van der Waals surface area contributed by atoms with Crippen molar-refractivity contribution in [2.24, 2.45) is 10.8 Å². The molecule has 1 N–H and O–H groups in total. The van der Waals surface area contributed by atoms with Crippen molar-refractivity contribution in [3.63, 3.8) is 0 Å². The van der Waals surface area contributed by atoms with Crippen molar-refractivity contribution in [3.05, 3.63) is 76.1 Å². The zero-order valence-electron chi connectivity index (χ0n) is 32.2. The van der Waals surface area contributed by atoms with Gasteiger partial charge in [0.25, 0.3) is 23.6 Å². The maximum atomic E-state index is 13.5. The molecule has 1 saturated carbocycles. The highest BCUT2D eigenvalue weighted by molar-refractivity contribution is 6.31. The molecule has 294 valence electrons. The van der Waals surface area contributed by atoms with Gasteiger partial charge in [-0.1, -0.05) is 39.3 Å². The van der Waals surface area contributed by atoms with Gasteiger partial charge in [-0.2, -0.15) is 10.4 Å². The van der Waals surface area contributed by atoms with E-state index in [4.69, 9.17) is 21.1 Å². The molecule has 0 bridgehead atoms. The predicted octanol–water partition coefficient (Wildman–Crippen LogP) is 4.87. The molecular weight excluding hydrogens is 738 g/mol. The lowest BCUT2D eigenvalue weighted by atomic mass is 9.49. The topological polar surface area (TPSA) is 167 Å². The summed E-state index contributed by atoms with van der Waals surface area (Å²) in [4.78, 5) is 68.7. The number of aromatic nitrogens is 2. The van der Waals surface area contributed by atoms with Crippen molar-refractivity contribution < 1.29 is 33.4 Å². The number of carbonyl (C=O) groups excluding carboxylic acids is 5. The third-order valence-corrected chi connectivity index (χ3v) is 12.2. The van der Waals surface area contributed by atoms with Crippen LogP contribution in [-0.4, -0.2) is 105 Å². The lowest BCUT2D eigenvalue weighted by molar-refractivity contribution is -0.164. The minimum atomic E-state index is -0.995. The minimum Gasteiger partial charge on any atom is -0.494 e. The average molecular weight is 784 g/mol. The molecule has 3 aromatic rings. The summed E-state index contributed by atoms with van der Waals surface area (Å²) in [6.07, 6.45) is 6.03. The van der Waals surface area contributed by atoms with Crippen LogP contribution in [0.3, 0.4) is 0 Å². The van der Waals surface area contributed by atoms with Crippen molar-refractivity contribution in [3.8, 4) is 17.6 Å². The van der Waals surface area contributed by atoms with Crippen LogP contribution in [0.1, 0.15) is 102 Å². The molecule has 3 fully saturated rings. The molecule has 4 aliphatic rings. The number of amides is 5. The summed E-state index contributed by atoms with van der Waals surface area (Å²) in [5, 5.41) is 17.3. The maximum absolute atomic E-state index is 13.5. The zero-order chi connectivity index (χ0) is 40.1. The Morgan fingerprint density at radius 1 is 1.00 bits per heavy atom. The van der Waals surface area contributed by atoms with Crippen LogP contribution in [-0.2, 0) is 9.59 Å². The van der Waals surface area contributed by atoms with Crippen molar-refractivity contribution in [2.45, 2.75) is 84.0 Å². The van der Waals surface area contributed by atoms with Crippen molar-refractivity contribution in [1.82, 2.24) is 29.8 Å². The fourth-order valence-corrected chi connectivity index (χ4v) is 9.29. The van der Waals surface area contributed by atoms with E-state index in [9.17, 15) is 29.2 Å². The number of unbranched alkanes of at least 4 members (excludes halogenated alkanes) is 1. The maximum Gasteiger partial charge on any atom is 0.262 e. The minimum absolute atomic E-state index is 0.0901. The molecule has 56 heavy (non-hydrogen) atoms. The van der Waals surface area contributed by atoms with Crippen LogP contribution in [0.5, 0.6) is 11.5 Å². The van der Waals surface area contributed by atoms with Gasteiger partial charge in [0, 0.05) is 55.7 Å². The Balaban J connectivity index is 0.851. The molecule has 0 radical (unpaired) electrons. The molecule has 0 spiro atoms. The lowest BCUT2D eigenvalue weighted by Crippen LogP contribution is -2.74. The summed E-state index contributed by atoms with van der Waals surface area (Å²) in [6.45, 7) is 11.3. The summed E-state index contributed by atoms with van der Waals surface area (Å²) in [5.41, 5.74) is 0.554. The number of ether oxygens (including phenoxy) is 2. The van der Waals surface area contributed by atoms with Crippen molar-refractivity contribution >= 4 is 41.1 Å². The molecule has 2 unspecified atom stereocenters. The number of rotatable bonds is 12. The third-order valence-electron chi connectivity index (χ3n) is 11.9. The van der Waals surface area contributed by atoms with Crippen LogP contribution in [0, 0.1) is 22.2 Å². The molecule has 2 aromatic carbocycles. The normalized spacial score (nSPS) is 24.2. The van der Waals surface area contributed by atoms with E-state index in [0.29, 0.717) is 34.3 Å². The van der Waals surface area contributed by atoms with E-state index in [1.165, 1.54) is 7.05 Å². The number of nitrogens with zero attached hydrogens (tertiary/aromatic N) is 6. The molecule has 2 atom stereocenters. The van der Waals surface area contributed by atoms with Gasteiger partial charge in [0.15, 0.2) is 0 Å². The number of benzene rings is 2. The van der Waals surface area contributed by atoms with E-state index in [1.807, 2.05) is 10.9 Å². The number of hydrogen-bond donors (Lipinski definition) is 1. The van der Waals surface area contributed by atoms with Gasteiger partial charge in [-0.05, 0) is 62.6 Å². The van der Waals surface area contributed by atoms with Crippen molar-refractivity contribution in [1.29, 1.82) is 5.26 Å². The van der Waals surface area contributed by atoms with Crippen LogP contribution in [0.4, 0.5) is 0 Å². The SMILES string of the molecule is CN1C(=O)CCC(N2C(=O)c3ccc(OCCCCN4CCC(n5cc(C(=O)NC6C(C)(C)C(Oc7ccc(C#N)c(Cl)c7)C6(C)C)cn5)C4)cc3C2=O)C1=O. The summed E-state index contributed by atoms with van der Waals surface area (Å²) in [5.74, 6) is -1.10. The molecule has 3 aliphatic heterocycles. The summed E-state index contributed by atoms with van der Waals surface area (Å²) >= 11 is 6.24. The Bertz CT molecular complexity index is 2130. The second kappa shape index (κ2) is 15.0. The molecule has 2 saturated heterocycles. The van der Waals surface area contributed by atoms with Crippen molar-refractivity contribution in [2.75, 3.05) is 33.3 Å².